The molecular weight excluding hydrogens is 354 g/mol. The second-order valence-corrected chi connectivity index (χ2v) is 6.71. The fourth-order valence-corrected chi connectivity index (χ4v) is 3.30. The average Bonchev–Trinajstić information content (AvgIpc) is 3.17. The maximum absolute atomic E-state index is 11.9. The fourth-order valence-electron chi connectivity index (χ4n) is 3.30. The molecule has 1 saturated heterocycles. The van der Waals surface area contributed by atoms with Crippen molar-refractivity contribution in [1.29, 1.82) is 0 Å². The van der Waals surface area contributed by atoms with Crippen LogP contribution in [0.1, 0.15) is 0 Å². The molecule has 1 amide bonds. The molecule has 1 fully saturated rings. The standard InChI is InChI=1S/C20H23N7O/c1-2-10-21-19(28)15-25-11-13-26(14-12-25)18-9-8-17-22-23-20(27(17)24-18)16-6-4-3-5-7-16/h2-9H,1,10-15H2,(H,21,28). The first kappa shape index (κ1) is 18.1. The van der Waals surface area contributed by atoms with Crippen LogP contribution in [0, 0.1) is 0 Å². The van der Waals surface area contributed by atoms with Gasteiger partial charge in [-0.1, -0.05) is 36.4 Å². The normalized spacial score (nSPS) is 14.9. The molecule has 8 nitrogen and oxygen atoms in total. The summed E-state index contributed by atoms with van der Waals surface area (Å²) in [5.41, 5.74) is 1.70. The van der Waals surface area contributed by atoms with Crippen molar-refractivity contribution in [2.24, 2.45) is 0 Å². The third-order valence-corrected chi connectivity index (χ3v) is 4.79. The fraction of sp³-hybridized carbons (Fsp3) is 0.300. The van der Waals surface area contributed by atoms with Gasteiger partial charge in [0.2, 0.25) is 5.91 Å². The Morgan fingerprint density at radius 2 is 1.86 bits per heavy atom. The van der Waals surface area contributed by atoms with E-state index < -0.39 is 0 Å². The van der Waals surface area contributed by atoms with E-state index in [1.807, 2.05) is 42.5 Å². The van der Waals surface area contributed by atoms with E-state index in [-0.39, 0.29) is 5.91 Å². The van der Waals surface area contributed by atoms with E-state index in [1.54, 1.807) is 10.6 Å². The summed E-state index contributed by atoms with van der Waals surface area (Å²) in [7, 11) is 0. The maximum Gasteiger partial charge on any atom is 0.234 e. The van der Waals surface area contributed by atoms with E-state index in [0.29, 0.717) is 13.1 Å². The van der Waals surface area contributed by atoms with Crippen LogP contribution < -0.4 is 10.2 Å². The van der Waals surface area contributed by atoms with Crippen LogP contribution in [0.25, 0.3) is 17.0 Å². The third kappa shape index (κ3) is 3.86. The molecule has 0 bridgehead atoms. The molecule has 1 aliphatic heterocycles. The van der Waals surface area contributed by atoms with Gasteiger partial charge in [-0.15, -0.1) is 21.9 Å². The summed E-state index contributed by atoms with van der Waals surface area (Å²) in [5, 5.41) is 16.1. The molecule has 0 atom stereocenters. The third-order valence-electron chi connectivity index (χ3n) is 4.79. The molecule has 144 valence electrons. The van der Waals surface area contributed by atoms with Gasteiger partial charge in [-0.25, -0.2) is 0 Å². The minimum Gasteiger partial charge on any atom is -0.353 e. The molecule has 1 aliphatic rings. The predicted molar refractivity (Wildman–Crippen MR) is 108 cm³/mol. The number of aromatic nitrogens is 4. The first-order valence-electron chi connectivity index (χ1n) is 9.37. The highest BCUT2D eigenvalue weighted by molar-refractivity contribution is 5.78. The molecule has 0 radical (unpaired) electrons. The Balaban J connectivity index is 1.45. The number of fused-ring (bicyclic) bond motifs is 1. The molecule has 3 heterocycles. The minimum absolute atomic E-state index is 0.0323. The molecule has 1 aromatic carbocycles. The summed E-state index contributed by atoms with van der Waals surface area (Å²) in [5.74, 6) is 1.65. The summed E-state index contributed by atoms with van der Waals surface area (Å²) >= 11 is 0. The van der Waals surface area contributed by atoms with Crippen LogP contribution >= 0.6 is 0 Å². The Labute approximate surface area is 163 Å². The molecule has 4 rings (SSSR count). The van der Waals surface area contributed by atoms with Gasteiger partial charge in [0.25, 0.3) is 0 Å². The first-order chi connectivity index (χ1) is 13.7. The molecule has 0 saturated carbocycles. The van der Waals surface area contributed by atoms with Crippen LogP contribution in [0.4, 0.5) is 5.82 Å². The molecule has 0 spiro atoms. The number of amides is 1. The van der Waals surface area contributed by atoms with Crippen LogP contribution in [0.3, 0.4) is 0 Å². The number of carbonyl (C=O) groups excluding carboxylic acids is 1. The molecule has 1 N–H and O–H groups in total. The monoisotopic (exact) mass is 377 g/mol. The summed E-state index contributed by atoms with van der Waals surface area (Å²) in [6, 6.07) is 13.8. The van der Waals surface area contributed by atoms with Gasteiger partial charge in [0.1, 0.15) is 5.82 Å². The molecule has 3 aromatic rings. The zero-order chi connectivity index (χ0) is 19.3. The van der Waals surface area contributed by atoms with Gasteiger partial charge in [-0.05, 0) is 12.1 Å². The van der Waals surface area contributed by atoms with Crippen molar-refractivity contribution in [1.82, 2.24) is 30.0 Å². The van der Waals surface area contributed by atoms with Crippen molar-refractivity contribution in [3.63, 3.8) is 0 Å². The lowest BCUT2D eigenvalue weighted by Crippen LogP contribution is -2.49. The second kappa shape index (κ2) is 8.18. The number of piperazine rings is 1. The average molecular weight is 377 g/mol. The summed E-state index contributed by atoms with van der Waals surface area (Å²) < 4.78 is 1.79. The molecule has 0 unspecified atom stereocenters. The topological polar surface area (TPSA) is 78.7 Å². The minimum atomic E-state index is 0.0323. The highest BCUT2D eigenvalue weighted by Gasteiger charge is 2.20. The van der Waals surface area contributed by atoms with Crippen LogP contribution in [0.2, 0.25) is 0 Å². The van der Waals surface area contributed by atoms with Crippen molar-refractivity contribution >= 4 is 17.4 Å². The van der Waals surface area contributed by atoms with E-state index >= 15 is 0 Å². The van der Waals surface area contributed by atoms with Crippen molar-refractivity contribution in [2.75, 3.05) is 44.2 Å². The van der Waals surface area contributed by atoms with E-state index in [1.165, 1.54) is 0 Å². The van der Waals surface area contributed by atoms with Crippen molar-refractivity contribution < 1.29 is 4.79 Å². The Hall–Kier alpha value is -3.26. The van der Waals surface area contributed by atoms with Gasteiger partial charge in [0.05, 0.1) is 6.54 Å². The maximum atomic E-state index is 11.9. The van der Waals surface area contributed by atoms with Crippen molar-refractivity contribution in [3.8, 4) is 11.4 Å². The smallest absolute Gasteiger partial charge is 0.234 e. The Kier molecular flexibility index (Phi) is 5.29. The predicted octanol–water partition coefficient (Wildman–Crippen LogP) is 1.22. The van der Waals surface area contributed by atoms with Gasteiger partial charge < -0.3 is 10.2 Å². The van der Waals surface area contributed by atoms with E-state index in [0.717, 1.165) is 49.0 Å². The van der Waals surface area contributed by atoms with Gasteiger partial charge in [-0.3, -0.25) is 9.69 Å². The number of carbonyl (C=O) groups is 1. The number of nitrogens with one attached hydrogen (secondary N) is 1. The SMILES string of the molecule is C=CCNC(=O)CN1CCN(c2ccc3nnc(-c4ccccc4)n3n2)CC1. The highest BCUT2D eigenvalue weighted by atomic mass is 16.2. The second-order valence-electron chi connectivity index (χ2n) is 6.71. The Morgan fingerprint density at radius 1 is 1.07 bits per heavy atom. The molecule has 2 aromatic heterocycles. The van der Waals surface area contributed by atoms with Crippen molar-refractivity contribution in [2.45, 2.75) is 0 Å². The zero-order valence-corrected chi connectivity index (χ0v) is 15.7. The lowest BCUT2D eigenvalue weighted by Gasteiger charge is -2.34. The van der Waals surface area contributed by atoms with E-state index in [2.05, 4.69) is 31.9 Å². The highest BCUT2D eigenvalue weighted by Crippen LogP contribution is 2.20. The van der Waals surface area contributed by atoms with E-state index in [9.17, 15) is 4.79 Å². The van der Waals surface area contributed by atoms with Gasteiger partial charge >= 0.3 is 0 Å². The number of rotatable bonds is 6. The Bertz CT molecular complexity index is 961. The van der Waals surface area contributed by atoms with Crippen molar-refractivity contribution in [3.05, 3.63) is 55.1 Å². The quantitative estimate of drug-likeness (QED) is 0.651. The number of hydrogen-bond acceptors (Lipinski definition) is 6. The zero-order valence-electron chi connectivity index (χ0n) is 15.7. The first-order valence-corrected chi connectivity index (χ1v) is 9.37. The molecule has 28 heavy (non-hydrogen) atoms. The Morgan fingerprint density at radius 3 is 2.61 bits per heavy atom. The number of hydrogen-bond donors (Lipinski definition) is 1. The number of benzene rings is 1. The van der Waals surface area contributed by atoms with Crippen LogP contribution in [0.5, 0.6) is 0 Å². The summed E-state index contributed by atoms with van der Waals surface area (Å²) in [6.45, 7) is 7.79. The van der Waals surface area contributed by atoms with Gasteiger partial charge in [0, 0.05) is 38.3 Å². The van der Waals surface area contributed by atoms with Gasteiger partial charge in [-0.2, -0.15) is 4.52 Å². The lowest BCUT2D eigenvalue weighted by atomic mass is 10.2. The number of nitrogens with zero attached hydrogens (tertiary/aromatic N) is 6. The molecular formula is C20H23N7O. The van der Waals surface area contributed by atoms with E-state index in [4.69, 9.17) is 5.10 Å². The molecule has 8 heteroatoms. The van der Waals surface area contributed by atoms with Gasteiger partial charge in [0.15, 0.2) is 11.5 Å². The molecule has 0 aliphatic carbocycles. The lowest BCUT2D eigenvalue weighted by molar-refractivity contribution is -0.122. The summed E-state index contributed by atoms with van der Waals surface area (Å²) in [6.07, 6.45) is 1.69. The largest absolute Gasteiger partial charge is 0.353 e. The van der Waals surface area contributed by atoms with Crippen LogP contribution in [-0.4, -0.2) is 69.9 Å². The summed E-state index contributed by atoms with van der Waals surface area (Å²) in [4.78, 5) is 16.2. The number of anilines is 1. The van der Waals surface area contributed by atoms with Crippen LogP contribution in [-0.2, 0) is 4.79 Å². The van der Waals surface area contributed by atoms with Crippen LogP contribution in [0.15, 0.2) is 55.1 Å².